The van der Waals surface area contributed by atoms with E-state index in [0.29, 0.717) is 0 Å². The molecule has 0 atom stereocenters. The second-order valence-electron chi connectivity index (χ2n) is 3.04. The van der Waals surface area contributed by atoms with Crippen LogP contribution in [-0.2, 0) is 6.42 Å². The Morgan fingerprint density at radius 3 is 2.67 bits per heavy atom. The predicted molar refractivity (Wildman–Crippen MR) is 54.6 cm³/mol. The molecule has 66 valence electrons. The summed E-state index contributed by atoms with van der Waals surface area (Å²) in [6.07, 6.45) is 2.18. The molecule has 1 rings (SSSR count). The molecule has 0 radical (unpaired) electrons. The van der Waals surface area contributed by atoms with Crippen LogP contribution in [0.2, 0.25) is 5.02 Å². The molecular weight excluding hydrogens is 170 g/mol. The summed E-state index contributed by atoms with van der Waals surface area (Å²) in [4.78, 5) is 0. The van der Waals surface area contributed by atoms with Crippen LogP contribution in [0.5, 0.6) is 0 Å². The fraction of sp³-hybridized carbons (Fsp3) is 0.400. The van der Waals surface area contributed by atoms with Crippen molar-refractivity contribution in [2.45, 2.75) is 26.7 Å². The van der Waals surface area contributed by atoms with Gasteiger partial charge >= 0.3 is 0 Å². The molecule has 0 aliphatic rings. The zero-order valence-electron chi connectivity index (χ0n) is 7.52. The van der Waals surface area contributed by atoms with E-state index in [1.165, 1.54) is 5.56 Å². The van der Waals surface area contributed by atoms with Crippen LogP contribution in [-0.4, -0.2) is 0 Å². The molecule has 0 saturated carbocycles. The summed E-state index contributed by atoms with van der Waals surface area (Å²) in [5.74, 6) is 0. The van der Waals surface area contributed by atoms with Gasteiger partial charge in [-0.15, -0.1) is 0 Å². The molecule has 0 unspecified atom stereocenters. The number of aryl methyl sites for hydroxylation is 1. The Morgan fingerprint density at radius 1 is 1.42 bits per heavy atom. The number of nitrogens with two attached hydrogens (primary N) is 1. The van der Waals surface area contributed by atoms with Crippen molar-refractivity contribution in [3.63, 3.8) is 0 Å². The van der Waals surface area contributed by atoms with Gasteiger partial charge in [0.2, 0.25) is 0 Å². The number of anilines is 1. The van der Waals surface area contributed by atoms with E-state index in [0.717, 1.165) is 29.1 Å². The molecule has 0 aliphatic carbocycles. The van der Waals surface area contributed by atoms with Crippen LogP contribution in [0.25, 0.3) is 0 Å². The molecular formula is C10H14ClN. The lowest BCUT2D eigenvalue weighted by molar-refractivity contribution is 0.913. The highest BCUT2D eigenvalue weighted by Gasteiger charge is 2.02. The predicted octanol–water partition coefficient (Wildman–Crippen LogP) is 3.18. The fourth-order valence-electron chi connectivity index (χ4n) is 1.29. The van der Waals surface area contributed by atoms with Gasteiger partial charge in [0.1, 0.15) is 0 Å². The minimum Gasteiger partial charge on any atom is -0.399 e. The summed E-state index contributed by atoms with van der Waals surface area (Å²) in [7, 11) is 0. The maximum atomic E-state index is 5.97. The van der Waals surface area contributed by atoms with Crippen molar-refractivity contribution in [3.05, 3.63) is 28.3 Å². The largest absolute Gasteiger partial charge is 0.399 e. The van der Waals surface area contributed by atoms with Crippen molar-refractivity contribution >= 4 is 17.3 Å². The number of benzene rings is 1. The Labute approximate surface area is 78.5 Å². The van der Waals surface area contributed by atoms with Gasteiger partial charge in [-0.1, -0.05) is 24.9 Å². The summed E-state index contributed by atoms with van der Waals surface area (Å²) in [6.45, 7) is 4.18. The van der Waals surface area contributed by atoms with Gasteiger partial charge in [0.05, 0.1) is 0 Å². The van der Waals surface area contributed by atoms with Crippen LogP contribution < -0.4 is 5.73 Å². The highest BCUT2D eigenvalue weighted by atomic mass is 35.5. The Morgan fingerprint density at radius 2 is 2.08 bits per heavy atom. The van der Waals surface area contributed by atoms with Crippen LogP contribution in [0.4, 0.5) is 5.69 Å². The Kier molecular flexibility index (Phi) is 2.99. The highest BCUT2D eigenvalue weighted by Crippen LogP contribution is 2.23. The molecule has 1 nitrogen and oxygen atoms in total. The molecule has 0 heterocycles. The lowest BCUT2D eigenvalue weighted by Gasteiger charge is -2.07. The van der Waals surface area contributed by atoms with Crippen LogP contribution >= 0.6 is 11.6 Å². The zero-order chi connectivity index (χ0) is 9.14. The van der Waals surface area contributed by atoms with Gasteiger partial charge in [0.15, 0.2) is 0 Å². The van der Waals surface area contributed by atoms with E-state index in [1.807, 2.05) is 13.0 Å². The fourth-order valence-corrected chi connectivity index (χ4v) is 1.54. The van der Waals surface area contributed by atoms with Gasteiger partial charge in [0, 0.05) is 10.7 Å². The molecule has 0 spiro atoms. The third-order valence-corrected chi connectivity index (χ3v) is 2.39. The van der Waals surface area contributed by atoms with Gasteiger partial charge < -0.3 is 5.73 Å². The minimum absolute atomic E-state index is 0.758. The molecule has 0 saturated heterocycles. The van der Waals surface area contributed by atoms with Gasteiger partial charge in [-0.05, 0) is 36.6 Å². The molecule has 0 aromatic heterocycles. The summed E-state index contributed by atoms with van der Waals surface area (Å²) >= 11 is 5.97. The lowest BCUT2D eigenvalue weighted by Crippen LogP contribution is -1.93. The first-order chi connectivity index (χ1) is 5.65. The second kappa shape index (κ2) is 3.81. The molecule has 1 aromatic rings. The summed E-state index contributed by atoms with van der Waals surface area (Å²) in [5, 5.41) is 0.776. The Balaban J connectivity index is 3.09. The lowest BCUT2D eigenvalue weighted by atomic mass is 10.0. The van der Waals surface area contributed by atoms with Crippen LogP contribution in [0.3, 0.4) is 0 Å². The van der Waals surface area contributed by atoms with Crippen LogP contribution in [0.15, 0.2) is 12.1 Å². The van der Waals surface area contributed by atoms with Gasteiger partial charge in [0.25, 0.3) is 0 Å². The van der Waals surface area contributed by atoms with Crippen molar-refractivity contribution in [2.75, 3.05) is 5.73 Å². The molecule has 0 aliphatic heterocycles. The number of rotatable bonds is 2. The normalized spacial score (nSPS) is 10.2. The molecule has 2 heteroatoms. The number of halogens is 1. The highest BCUT2D eigenvalue weighted by molar-refractivity contribution is 6.31. The third-order valence-electron chi connectivity index (χ3n) is 1.99. The first-order valence-corrected chi connectivity index (χ1v) is 4.57. The van der Waals surface area contributed by atoms with Crippen LogP contribution in [0.1, 0.15) is 24.5 Å². The number of hydrogen-bond acceptors (Lipinski definition) is 1. The second-order valence-corrected chi connectivity index (χ2v) is 3.44. The van der Waals surface area contributed by atoms with E-state index in [9.17, 15) is 0 Å². The summed E-state index contributed by atoms with van der Waals surface area (Å²) in [5.41, 5.74) is 8.86. The monoisotopic (exact) mass is 183 g/mol. The molecule has 0 fully saturated rings. The van der Waals surface area contributed by atoms with E-state index in [-0.39, 0.29) is 0 Å². The maximum Gasteiger partial charge on any atom is 0.0458 e. The quantitative estimate of drug-likeness (QED) is 0.701. The summed E-state index contributed by atoms with van der Waals surface area (Å²) < 4.78 is 0. The molecule has 0 amide bonds. The van der Waals surface area contributed by atoms with Crippen molar-refractivity contribution in [1.82, 2.24) is 0 Å². The van der Waals surface area contributed by atoms with Crippen LogP contribution in [0, 0.1) is 6.92 Å². The molecule has 0 bridgehead atoms. The maximum absolute atomic E-state index is 5.97. The Bertz CT molecular complexity index is 281. The van der Waals surface area contributed by atoms with Crippen molar-refractivity contribution in [3.8, 4) is 0 Å². The van der Waals surface area contributed by atoms with Crippen molar-refractivity contribution in [1.29, 1.82) is 0 Å². The standard InChI is InChI=1S/C10H14ClN/c1-3-4-8-5-9(12)6-10(11)7(8)2/h5-6H,3-4,12H2,1-2H3. The molecule has 1 aromatic carbocycles. The van der Waals surface area contributed by atoms with Crippen molar-refractivity contribution < 1.29 is 0 Å². The van der Waals surface area contributed by atoms with E-state index in [4.69, 9.17) is 17.3 Å². The topological polar surface area (TPSA) is 26.0 Å². The minimum atomic E-state index is 0.758. The van der Waals surface area contributed by atoms with E-state index in [2.05, 4.69) is 6.92 Å². The van der Waals surface area contributed by atoms with Gasteiger partial charge in [-0.25, -0.2) is 0 Å². The average molecular weight is 184 g/mol. The number of hydrogen-bond donors (Lipinski definition) is 1. The third kappa shape index (κ3) is 1.92. The smallest absolute Gasteiger partial charge is 0.0458 e. The van der Waals surface area contributed by atoms with E-state index < -0.39 is 0 Å². The SMILES string of the molecule is CCCc1cc(N)cc(Cl)c1C. The average Bonchev–Trinajstić information content (AvgIpc) is 2.00. The van der Waals surface area contributed by atoms with E-state index in [1.54, 1.807) is 6.07 Å². The first-order valence-electron chi connectivity index (χ1n) is 4.19. The Hall–Kier alpha value is -0.690. The van der Waals surface area contributed by atoms with Gasteiger partial charge in [-0.3, -0.25) is 0 Å². The molecule has 2 N–H and O–H groups in total. The molecule has 12 heavy (non-hydrogen) atoms. The zero-order valence-corrected chi connectivity index (χ0v) is 8.28. The number of nitrogen functional groups attached to an aromatic ring is 1. The first kappa shape index (κ1) is 9.40. The van der Waals surface area contributed by atoms with Crippen molar-refractivity contribution in [2.24, 2.45) is 0 Å². The summed E-state index contributed by atoms with van der Waals surface area (Å²) in [6, 6.07) is 3.81. The van der Waals surface area contributed by atoms with Gasteiger partial charge in [-0.2, -0.15) is 0 Å². The van der Waals surface area contributed by atoms with E-state index >= 15 is 0 Å².